The number of fused-ring (bicyclic) bond motifs is 6. The van der Waals surface area contributed by atoms with Gasteiger partial charge in [0.15, 0.2) is 0 Å². The largest absolute Gasteiger partial charge is 0.368 e. The smallest absolute Gasteiger partial charge is 0.104 e. The number of rotatable bonds is 0. The summed E-state index contributed by atoms with van der Waals surface area (Å²) in [5, 5.41) is 20.3. The number of nitrogens with one attached hydrogen (secondary N) is 6. The minimum Gasteiger partial charge on any atom is -0.368 e. The summed E-state index contributed by atoms with van der Waals surface area (Å²) in [6.07, 6.45) is 0.612. The van der Waals surface area contributed by atoms with Gasteiger partial charge in [-0.25, -0.2) is 21.7 Å². The van der Waals surface area contributed by atoms with E-state index in [-0.39, 0.29) is 48.6 Å². The van der Waals surface area contributed by atoms with E-state index in [1.54, 1.807) is 0 Å². The van der Waals surface area contributed by atoms with E-state index in [0.717, 1.165) is 25.7 Å². The van der Waals surface area contributed by atoms with Crippen molar-refractivity contribution in [3.05, 3.63) is 0 Å². The minimum atomic E-state index is -0.549. The number of hydrogen-bond acceptors (Lipinski definition) is 12. The average Bonchev–Trinajstić information content (AvgIpc) is 3.45. The van der Waals surface area contributed by atoms with Crippen LogP contribution in [0.1, 0.15) is 25.7 Å². The second-order valence-corrected chi connectivity index (χ2v) is 10.1. The molecule has 0 spiro atoms. The molecule has 6 N–H and O–H groups in total. The van der Waals surface area contributed by atoms with E-state index >= 15 is 0 Å². The van der Waals surface area contributed by atoms with Gasteiger partial charge in [-0.2, -0.15) is 21.6 Å². The molecule has 0 radical (unpaired) electrons. The summed E-state index contributed by atoms with van der Waals surface area (Å²) in [7, 11) is 0. The molecule has 172 valence electrons. The molecule has 4 aliphatic heterocycles. The molecular formula is C20H28N8O4. The highest BCUT2D eigenvalue weighted by Crippen LogP contribution is 2.47. The molecule has 4 heterocycles. The quantitative estimate of drug-likeness (QED) is 0.236. The summed E-state index contributed by atoms with van der Waals surface area (Å²) in [4.78, 5) is 0. The monoisotopic (exact) mass is 444 g/mol. The first-order chi connectivity index (χ1) is 15.7. The van der Waals surface area contributed by atoms with Gasteiger partial charge in [0.1, 0.15) is 36.3 Å². The maximum Gasteiger partial charge on any atom is 0.104 e. The predicted octanol–water partition coefficient (Wildman–Crippen LogP) is -2.39. The molecule has 7 rings (SSSR count). The van der Waals surface area contributed by atoms with E-state index in [2.05, 4.69) is 44.9 Å². The van der Waals surface area contributed by atoms with E-state index in [4.69, 9.17) is 18.9 Å². The fourth-order valence-corrected chi connectivity index (χ4v) is 6.87. The van der Waals surface area contributed by atoms with Crippen LogP contribution in [0.4, 0.5) is 0 Å². The molecule has 7 fully saturated rings. The number of hydrogen-bond donors (Lipinski definition) is 6. The maximum absolute atomic E-state index is 10.2. The molecule has 7 aliphatic rings. The molecule has 4 saturated heterocycles. The first-order valence-corrected chi connectivity index (χ1v) is 11.7. The molecule has 12 atom stereocenters. The van der Waals surface area contributed by atoms with Crippen LogP contribution in [0.15, 0.2) is 0 Å². The van der Waals surface area contributed by atoms with Crippen molar-refractivity contribution in [1.29, 1.82) is 10.5 Å². The molecular weight excluding hydrogens is 416 g/mol. The SMILES string of the molecule is N#CC1C2OC3CC4NNNC4CC3OC2C(C#N)C2OC3CC4NNNC4CC3OC12. The topological polar surface area (TPSA) is 157 Å². The normalized spacial score (nSPS) is 58.1. The van der Waals surface area contributed by atoms with Crippen LogP contribution < -0.4 is 32.8 Å². The van der Waals surface area contributed by atoms with Crippen LogP contribution in [0.3, 0.4) is 0 Å². The van der Waals surface area contributed by atoms with Gasteiger partial charge in [-0.3, -0.25) is 0 Å². The van der Waals surface area contributed by atoms with Crippen molar-refractivity contribution >= 4 is 0 Å². The van der Waals surface area contributed by atoms with E-state index in [9.17, 15) is 10.5 Å². The maximum atomic E-state index is 10.2. The van der Waals surface area contributed by atoms with E-state index < -0.39 is 36.3 Å². The van der Waals surface area contributed by atoms with Gasteiger partial charge in [0.2, 0.25) is 0 Å². The summed E-state index contributed by atoms with van der Waals surface area (Å²) >= 11 is 0. The zero-order valence-electron chi connectivity index (χ0n) is 17.4. The molecule has 12 nitrogen and oxygen atoms in total. The van der Waals surface area contributed by atoms with Crippen LogP contribution in [-0.2, 0) is 18.9 Å². The Morgan fingerprint density at radius 2 is 0.781 bits per heavy atom. The molecule has 0 aromatic carbocycles. The lowest BCUT2D eigenvalue weighted by atomic mass is 9.71. The average molecular weight is 444 g/mol. The summed E-state index contributed by atoms with van der Waals surface area (Å²) in [6, 6.07) is 5.83. The molecule has 3 saturated carbocycles. The van der Waals surface area contributed by atoms with Crippen LogP contribution in [0.25, 0.3) is 0 Å². The van der Waals surface area contributed by atoms with Gasteiger partial charge in [-0.05, 0) is 25.7 Å². The lowest BCUT2D eigenvalue weighted by Crippen LogP contribution is -2.70. The predicted molar refractivity (Wildman–Crippen MR) is 105 cm³/mol. The lowest BCUT2D eigenvalue weighted by molar-refractivity contribution is -0.326. The van der Waals surface area contributed by atoms with Crippen LogP contribution in [0, 0.1) is 34.5 Å². The summed E-state index contributed by atoms with van der Waals surface area (Å²) < 4.78 is 26.1. The second-order valence-electron chi connectivity index (χ2n) is 10.1. The van der Waals surface area contributed by atoms with Gasteiger partial charge in [-0.15, -0.1) is 0 Å². The Bertz CT molecular complexity index is 730. The zero-order valence-corrected chi connectivity index (χ0v) is 17.4. The van der Waals surface area contributed by atoms with Crippen molar-refractivity contribution < 1.29 is 18.9 Å². The Hall–Kier alpha value is -1.42. The van der Waals surface area contributed by atoms with Gasteiger partial charge in [0.25, 0.3) is 0 Å². The van der Waals surface area contributed by atoms with Crippen molar-refractivity contribution in [2.45, 2.75) is 98.7 Å². The van der Waals surface area contributed by atoms with Gasteiger partial charge >= 0.3 is 0 Å². The van der Waals surface area contributed by atoms with Crippen LogP contribution >= 0.6 is 0 Å². The third-order valence-electron chi connectivity index (χ3n) is 8.47. The molecule has 0 aromatic rings. The number of hydrazine groups is 4. The Balaban J connectivity index is 1.16. The summed E-state index contributed by atoms with van der Waals surface area (Å²) in [6.45, 7) is 0. The van der Waals surface area contributed by atoms with Crippen LogP contribution in [-0.4, -0.2) is 73.0 Å². The van der Waals surface area contributed by atoms with Crippen LogP contribution in [0.5, 0.6) is 0 Å². The molecule has 12 heteroatoms. The highest BCUT2D eigenvalue weighted by Gasteiger charge is 2.62. The lowest BCUT2D eigenvalue weighted by Gasteiger charge is -2.57. The molecule has 0 aromatic heterocycles. The highest BCUT2D eigenvalue weighted by molar-refractivity contribution is 5.17. The van der Waals surface area contributed by atoms with Crippen LogP contribution in [0.2, 0.25) is 0 Å². The highest BCUT2D eigenvalue weighted by atomic mass is 16.6. The Morgan fingerprint density at radius 3 is 1.03 bits per heavy atom. The minimum absolute atomic E-state index is 0.119. The Morgan fingerprint density at radius 1 is 0.500 bits per heavy atom. The third kappa shape index (κ3) is 2.90. The van der Waals surface area contributed by atoms with Crippen molar-refractivity contribution in [2.24, 2.45) is 11.8 Å². The molecule has 12 unspecified atom stereocenters. The van der Waals surface area contributed by atoms with Crippen molar-refractivity contribution in [1.82, 2.24) is 32.8 Å². The van der Waals surface area contributed by atoms with Gasteiger partial charge in [0.05, 0.1) is 36.6 Å². The van der Waals surface area contributed by atoms with Crippen molar-refractivity contribution in [3.8, 4) is 12.1 Å². The molecule has 32 heavy (non-hydrogen) atoms. The third-order valence-corrected chi connectivity index (χ3v) is 8.47. The number of nitriles is 2. The Labute approximate surface area is 185 Å². The summed E-state index contributed by atoms with van der Waals surface area (Å²) in [5.74, 6) is -1.10. The first kappa shape index (κ1) is 20.0. The molecule has 0 bridgehead atoms. The van der Waals surface area contributed by atoms with E-state index in [1.165, 1.54) is 0 Å². The summed E-state index contributed by atoms with van der Waals surface area (Å²) in [5.41, 5.74) is 18.9. The molecule has 3 aliphatic carbocycles. The van der Waals surface area contributed by atoms with Crippen molar-refractivity contribution in [2.75, 3.05) is 0 Å². The fraction of sp³-hybridized carbons (Fsp3) is 0.900. The Kier molecular flexibility index (Phi) is 4.72. The number of ether oxygens (including phenoxy) is 4. The zero-order chi connectivity index (χ0) is 21.4. The van der Waals surface area contributed by atoms with Gasteiger partial charge < -0.3 is 18.9 Å². The number of nitrogens with zero attached hydrogens (tertiary/aromatic N) is 2. The van der Waals surface area contributed by atoms with E-state index in [0.29, 0.717) is 0 Å². The standard InChI is InChI=1S/C20H28N8O4/c21-5-7-17-18(30-14-2-10-9(23-27-24-10)1-13(14)29-17)8(6-22)20-19(7)31-15-3-11-12(26-28-25-11)4-16(15)32-20/h7-20,23-28H,1-4H2. The van der Waals surface area contributed by atoms with Gasteiger partial charge in [0, 0.05) is 24.2 Å². The fourth-order valence-electron chi connectivity index (χ4n) is 6.87. The van der Waals surface area contributed by atoms with Crippen molar-refractivity contribution in [3.63, 3.8) is 0 Å². The van der Waals surface area contributed by atoms with E-state index in [1.807, 2.05) is 0 Å². The first-order valence-electron chi connectivity index (χ1n) is 11.7. The second kappa shape index (κ2) is 7.55. The van der Waals surface area contributed by atoms with Gasteiger partial charge in [-0.1, -0.05) is 0 Å². The molecule has 0 amide bonds.